The van der Waals surface area contributed by atoms with E-state index in [1.165, 1.54) is 32.1 Å². The van der Waals surface area contributed by atoms with Crippen LogP contribution in [0.2, 0.25) is 0 Å². The van der Waals surface area contributed by atoms with Gasteiger partial charge in [-0.3, -0.25) is 4.79 Å². The van der Waals surface area contributed by atoms with Crippen LogP contribution in [0.15, 0.2) is 35.2 Å². The van der Waals surface area contributed by atoms with Crippen LogP contribution in [0.4, 0.5) is 0 Å². The van der Waals surface area contributed by atoms with Crippen LogP contribution in [0, 0.1) is 11.8 Å². The van der Waals surface area contributed by atoms with Gasteiger partial charge in [-0.1, -0.05) is 37.5 Å². The zero-order valence-electron chi connectivity index (χ0n) is 16.8. The lowest BCUT2D eigenvalue weighted by Crippen LogP contribution is -2.27. The summed E-state index contributed by atoms with van der Waals surface area (Å²) in [6.07, 6.45) is 12.3. The molecule has 1 N–H and O–H groups in total. The van der Waals surface area contributed by atoms with Crippen molar-refractivity contribution in [3.63, 3.8) is 0 Å². The second kappa shape index (κ2) is 11.2. The molecule has 2 fully saturated rings. The fraction of sp³-hybridized carbons (Fsp3) is 0.696. The van der Waals surface area contributed by atoms with Crippen molar-refractivity contribution in [1.29, 1.82) is 0 Å². The number of hydrogen-bond acceptors (Lipinski definition) is 3. The van der Waals surface area contributed by atoms with Crippen molar-refractivity contribution in [2.45, 2.75) is 87.7 Å². The number of unbranched alkanes of at least 4 members (excludes halogenated alkanes) is 4. The van der Waals surface area contributed by atoms with E-state index in [4.69, 9.17) is 9.84 Å². The molecule has 3 rings (SSSR count). The number of ether oxygens (including phenoxy) is 1. The smallest absolute Gasteiger partial charge is 0.303 e. The number of rotatable bonds is 13. The topological polar surface area (TPSA) is 69.6 Å². The van der Waals surface area contributed by atoms with Crippen LogP contribution in [0.1, 0.15) is 70.6 Å². The van der Waals surface area contributed by atoms with Gasteiger partial charge in [-0.25, -0.2) is 0 Å². The molecule has 2 aliphatic heterocycles. The van der Waals surface area contributed by atoms with Gasteiger partial charge < -0.3 is 14.4 Å². The molecule has 1 aromatic rings. The summed E-state index contributed by atoms with van der Waals surface area (Å²) in [5.41, 5.74) is 0. The molecule has 5 heteroatoms. The Bertz CT molecular complexity index is 594. The SMILES string of the molecule is O=C(O)CCCCCC[C@H]1[C@@H](CCCC[S+]([O-])c2ccccc2)[C@H]2CC[C@@H]1O2. The van der Waals surface area contributed by atoms with Gasteiger partial charge in [-0.05, 0) is 80.1 Å². The summed E-state index contributed by atoms with van der Waals surface area (Å²) in [6, 6.07) is 9.76. The fourth-order valence-corrected chi connectivity index (χ4v) is 6.15. The summed E-state index contributed by atoms with van der Waals surface area (Å²) in [5, 5.41) is 8.71. The minimum atomic E-state index is -0.882. The largest absolute Gasteiger partial charge is 0.611 e. The first-order valence-corrected chi connectivity index (χ1v) is 12.3. The Kier molecular flexibility index (Phi) is 8.68. The molecule has 2 heterocycles. The second-order valence-corrected chi connectivity index (χ2v) is 9.89. The van der Waals surface area contributed by atoms with E-state index in [1.807, 2.05) is 30.3 Å². The van der Waals surface area contributed by atoms with Gasteiger partial charge in [0.15, 0.2) is 4.90 Å². The van der Waals surface area contributed by atoms with Crippen molar-refractivity contribution in [3.05, 3.63) is 30.3 Å². The Hall–Kier alpha value is -1.04. The van der Waals surface area contributed by atoms with Crippen molar-refractivity contribution in [2.75, 3.05) is 5.75 Å². The fourth-order valence-electron chi connectivity index (χ4n) is 4.98. The van der Waals surface area contributed by atoms with Gasteiger partial charge in [0.25, 0.3) is 0 Å². The number of benzene rings is 1. The van der Waals surface area contributed by atoms with Gasteiger partial charge in [0.2, 0.25) is 0 Å². The lowest BCUT2D eigenvalue weighted by Gasteiger charge is -2.28. The summed E-state index contributed by atoms with van der Waals surface area (Å²) >= 11 is -0.882. The number of carboxylic acid groups (broad SMARTS) is 1. The predicted octanol–water partition coefficient (Wildman–Crippen LogP) is 5.18. The molecule has 0 amide bonds. The standard InChI is InChI=1S/C23H34O4S/c24-23(25)14-7-2-1-6-12-19-20(22-16-15-21(19)27-22)13-8-9-17-28(26)18-10-4-3-5-11-18/h3-5,10-11,19-22H,1-2,6-9,12-17H2,(H,24,25)/t19-,20+,21-,22+,28?/m0/s1. The molecule has 4 nitrogen and oxygen atoms in total. The highest BCUT2D eigenvalue weighted by atomic mass is 32.2. The number of carbonyl (C=O) groups is 1. The molecule has 0 spiro atoms. The highest BCUT2D eigenvalue weighted by Gasteiger charge is 2.47. The van der Waals surface area contributed by atoms with Gasteiger partial charge >= 0.3 is 5.97 Å². The maximum Gasteiger partial charge on any atom is 0.303 e. The van der Waals surface area contributed by atoms with E-state index in [0.717, 1.165) is 42.8 Å². The van der Waals surface area contributed by atoms with Crippen LogP contribution in [0.3, 0.4) is 0 Å². The minimum Gasteiger partial charge on any atom is -0.611 e. The Morgan fingerprint density at radius 1 is 0.964 bits per heavy atom. The van der Waals surface area contributed by atoms with Crippen LogP contribution < -0.4 is 0 Å². The van der Waals surface area contributed by atoms with E-state index in [9.17, 15) is 9.35 Å². The molecule has 2 aliphatic rings. The molecule has 1 unspecified atom stereocenters. The van der Waals surface area contributed by atoms with Crippen LogP contribution in [0.25, 0.3) is 0 Å². The molecule has 156 valence electrons. The Balaban J connectivity index is 1.34. The number of fused-ring (bicyclic) bond motifs is 2. The highest BCUT2D eigenvalue weighted by Crippen LogP contribution is 2.47. The molecule has 5 atom stereocenters. The first-order chi connectivity index (χ1) is 13.6. The quantitative estimate of drug-likeness (QED) is 0.362. The second-order valence-electron chi connectivity index (χ2n) is 8.32. The van der Waals surface area contributed by atoms with Crippen molar-refractivity contribution in [2.24, 2.45) is 11.8 Å². The third-order valence-electron chi connectivity index (χ3n) is 6.39. The predicted molar refractivity (Wildman–Crippen MR) is 112 cm³/mol. The van der Waals surface area contributed by atoms with Gasteiger partial charge in [-0.15, -0.1) is 0 Å². The van der Waals surface area contributed by atoms with E-state index >= 15 is 0 Å². The summed E-state index contributed by atoms with van der Waals surface area (Å²) in [4.78, 5) is 11.5. The molecule has 0 aliphatic carbocycles. The minimum absolute atomic E-state index is 0.296. The van der Waals surface area contributed by atoms with E-state index in [0.29, 0.717) is 30.5 Å². The van der Waals surface area contributed by atoms with E-state index < -0.39 is 17.1 Å². The molecule has 2 bridgehead atoms. The number of hydrogen-bond donors (Lipinski definition) is 1. The van der Waals surface area contributed by atoms with Crippen molar-refractivity contribution in [3.8, 4) is 0 Å². The summed E-state index contributed by atoms with van der Waals surface area (Å²) in [7, 11) is 0. The summed E-state index contributed by atoms with van der Waals surface area (Å²) in [5.74, 6) is 1.41. The first kappa shape index (κ1) is 21.7. The molecule has 28 heavy (non-hydrogen) atoms. The van der Waals surface area contributed by atoms with Gasteiger partial charge in [-0.2, -0.15) is 0 Å². The normalized spacial score (nSPS) is 27.2. The van der Waals surface area contributed by atoms with Crippen LogP contribution >= 0.6 is 0 Å². The number of carboxylic acids is 1. The zero-order valence-corrected chi connectivity index (χ0v) is 17.6. The summed E-state index contributed by atoms with van der Waals surface area (Å²) < 4.78 is 18.6. The molecular formula is C23H34O4S. The van der Waals surface area contributed by atoms with Crippen LogP contribution in [0.5, 0.6) is 0 Å². The Labute approximate surface area is 172 Å². The molecule has 0 saturated carbocycles. The molecular weight excluding hydrogens is 372 g/mol. The molecule has 2 saturated heterocycles. The first-order valence-electron chi connectivity index (χ1n) is 11.0. The number of aliphatic carboxylic acids is 1. The average molecular weight is 407 g/mol. The van der Waals surface area contributed by atoms with Crippen LogP contribution in [-0.4, -0.2) is 33.6 Å². The Morgan fingerprint density at radius 3 is 2.21 bits per heavy atom. The third-order valence-corrected chi connectivity index (χ3v) is 7.85. The van der Waals surface area contributed by atoms with Crippen LogP contribution in [-0.2, 0) is 20.7 Å². The Morgan fingerprint density at radius 2 is 1.57 bits per heavy atom. The maximum absolute atomic E-state index is 12.4. The van der Waals surface area contributed by atoms with Crippen molar-refractivity contribution >= 4 is 17.1 Å². The molecule has 0 aromatic heterocycles. The van der Waals surface area contributed by atoms with Gasteiger partial charge in [0, 0.05) is 6.42 Å². The third kappa shape index (κ3) is 6.23. The van der Waals surface area contributed by atoms with Gasteiger partial charge in [0.05, 0.1) is 12.2 Å². The molecule has 0 radical (unpaired) electrons. The lowest BCUT2D eigenvalue weighted by atomic mass is 9.74. The van der Waals surface area contributed by atoms with E-state index in [1.54, 1.807) is 0 Å². The van der Waals surface area contributed by atoms with E-state index in [-0.39, 0.29) is 0 Å². The van der Waals surface area contributed by atoms with Gasteiger partial charge in [0.1, 0.15) is 5.75 Å². The highest BCUT2D eigenvalue weighted by molar-refractivity contribution is 7.91. The van der Waals surface area contributed by atoms with E-state index in [2.05, 4.69) is 0 Å². The monoisotopic (exact) mass is 406 g/mol. The average Bonchev–Trinajstić information content (AvgIpc) is 3.30. The lowest BCUT2D eigenvalue weighted by molar-refractivity contribution is -0.137. The molecule has 1 aromatic carbocycles. The zero-order chi connectivity index (χ0) is 19.8. The van der Waals surface area contributed by atoms with Crippen molar-refractivity contribution in [1.82, 2.24) is 0 Å². The van der Waals surface area contributed by atoms with Crippen molar-refractivity contribution < 1.29 is 19.2 Å². The maximum atomic E-state index is 12.4. The summed E-state index contributed by atoms with van der Waals surface area (Å²) in [6.45, 7) is 0.